The number of carbonyl (C=O) groups excluding carboxylic acids is 2. The van der Waals surface area contributed by atoms with Gasteiger partial charge in [0.15, 0.2) is 5.65 Å². The molecule has 2 heterocycles. The molecule has 0 aromatic carbocycles. The number of hydrogen-bond acceptors (Lipinski definition) is 7. The van der Waals surface area contributed by atoms with Crippen molar-refractivity contribution in [1.29, 1.82) is 0 Å². The molecule has 1 N–H and O–H groups in total. The first-order valence-corrected chi connectivity index (χ1v) is 10.8. The summed E-state index contributed by atoms with van der Waals surface area (Å²) >= 11 is 0. The number of alkyl carbamates (subject to hydrolysis) is 1. The van der Waals surface area contributed by atoms with Crippen molar-refractivity contribution in [3.8, 4) is 0 Å². The number of aryl methyl sites for hydroxylation is 1. The lowest BCUT2D eigenvalue weighted by Crippen LogP contribution is -2.35. The average molecular weight is 442 g/mol. The number of esters is 1. The fourth-order valence-corrected chi connectivity index (χ4v) is 3.51. The topological polar surface area (TPSA) is 99.6 Å². The van der Waals surface area contributed by atoms with Gasteiger partial charge in [-0.15, -0.1) is 0 Å². The second kappa shape index (κ2) is 10.5. The molecule has 0 atom stereocenters. The molecule has 8 nitrogen and oxygen atoms in total. The van der Waals surface area contributed by atoms with Gasteiger partial charge in [0, 0.05) is 17.3 Å². The summed E-state index contributed by atoms with van der Waals surface area (Å²) in [6.07, 6.45) is 6.59. The molecule has 172 valence electrons. The van der Waals surface area contributed by atoms with E-state index in [-0.39, 0.29) is 18.4 Å². The molecule has 0 spiro atoms. The highest BCUT2D eigenvalue weighted by atomic mass is 16.6. The van der Waals surface area contributed by atoms with Crippen LogP contribution in [0.4, 0.5) is 4.79 Å². The molecule has 1 aliphatic carbocycles. The molecule has 2 aromatic heterocycles. The maximum atomic E-state index is 11.9. The largest absolute Gasteiger partial charge is 0.464 e. The fourth-order valence-electron chi connectivity index (χ4n) is 3.51. The van der Waals surface area contributed by atoms with E-state index in [1.165, 1.54) is 13.2 Å². The second-order valence-corrected chi connectivity index (χ2v) is 8.92. The van der Waals surface area contributed by atoms with E-state index < -0.39 is 17.7 Å². The van der Waals surface area contributed by atoms with Crippen LogP contribution >= 0.6 is 0 Å². The van der Waals surface area contributed by atoms with Crippen molar-refractivity contribution in [3.63, 3.8) is 0 Å². The smallest absolute Gasteiger partial charge is 0.412 e. The highest BCUT2D eigenvalue weighted by Crippen LogP contribution is 2.33. The fraction of sp³-hybridized carbons (Fsp3) is 0.500. The molecule has 8 heteroatoms. The molecular formula is C24H31N3O5. The zero-order valence-electron chi connectivity index (χ0n) is 19.1. The van der Waals surface area contributed by atoms with Gasteiger partial charge in [-0.25, -0.2) is 19.6 Å². The standard InChI is InChI=1S/C24H31N3O5/c1-24(2,3)32-23(29)27-20(22(28)30-4)11-13-31-19-14-16(15-19)7-9-18-10-8-17-6-5-12-25-21(17)26-18/h5-6,8,10-12,16,19H,7,9,13-15H2,1-4H3,(H,27,29)/t16-,19+. The van der Waals surface area contributed by atoms with Crippen LogP contribution in [0.5, 0.6) is 0 Å². The van der Waals surface area contributed by atoms with Crippen LogP contribution in [-0.4, -0.2) is 47.5 Å². The minimum atomic E-state index is -0.713. The average Bonchev–Trinajstić information content (AvgIpc) is 2.71. The Hall–Kier alpha value is -3.00. The molecule has 0 saturated heterocycles. The molecule has 0 bridgehead atoms. The molecule has 2 aromatic rings. The van der Waals surface area contributed by atoms with Crippen molar-refractivity contribution in [2.24, 2.45) is 5.92 Å². The van der Waals surface area contributed by atoms with Crippen LogP contribution in [0, 0.1) is 5.92 Å². The first-order chi connectivity index (χ1) is 15.2. The Morgan fingerprint density at radius 3 is 2.72 bits per heavy atom. The van der Waals surface area contributed by atoms with Crippen LogP contribution in [-0.2, 0) is 25.4 Å². The summed E-state index contributed by atoms with van der Waals surface area (Å²) in [5, 5.41) is 3.48. The molecule has 1 fully saturated rings. The van der Waals surface area contributed by atoms with Gasteiger partial charge >= 0.3 is 12.1 Å². The summed E-state index contributed by atoms with van der Waals surface area (Å²) in [4.78, 5) is 32.8. The number of carbonyl (C=O) groups is 2. The maximum Gasteiger partial charge on any atom is 0.412 e. The van der Waals surface area contributed by atoms with E-state index in [0.717, 1.165) is 42.4 Å². The maximum absolute atomic E-state index is 11.9. The second-order valence-electron chi connectivity index (χ2n) is 8.92. The van der Waals surface area contributed by atoms with Crippen LogP contribution in [0.3, 0.4) is 0 Å². The molecule has 0 unspecified atom stereocenters. The normalized spacial score (nSPS) is 18.7. The van der Waals surface area contributed by atoms with Gasteiger partial charge in [0.2, 0.25) is 0 Å². The number of pyridine rings is 2. The van der Waals surface area contributed by atoms with E-state index in [2.05, 4.69) is 27.4 Å². The van der Waals surface area contributed by atoms with E-state index in [0.29, 0.717) is 5.92 Å². The number of methoxy groups -OCH3 is 1. The lowest BCUT2D eigenvalue weighted by molar-refractivity contribution is -0.136. The van der Waals surface area contributed by atoms with Crippen molar-refractivity contribution < 1.29 is 23.8 Å². The van der Waals surface area contributed by atoms with Gasteiger partial charge in [-0.3, -0.25) is 5.32 Å². The van der Waals surface area contributed by atoms with Crippen molar-refractivity contribution in [2.75, 3.05) is 13.7 Å². The number of rotatable bonds is 8. The Bertz CT molecular complexity index is 977. The van der Waals surface area contributed by atoms with Gasteiger partial charge in [-0.1, -0.05) is 0 Å². The number of hydrogen-bond donors (Lipinski definition) is 1. The first kappa shape index (κ1) is 23.7. The molecule has 32 heavy (non-hydrogen) atoms. The summed E-state index contributed by atoms with van der Waals surface area (Å²) in [5.74, 6) is -0.0616. The van der Waals surface area contributed by atoms with E-state index in [1.54, 1.807) is 27.0 Å². The molecule has 1 saturated carbocycles. The zero-order valence-corrected chi connectivity index (χ0v) is 19.1. The Kier molecular flexibility index (Phi) is 7.80. The molecule has 1 aliphatic rings. The SMILES string of the molecule is COC(=O)C(=CCO[C@H]1C[C@@H](CCc2ccc3cccnc3n2)C1)NC(=O)OC(C)(C)C. The molecule has 1 amide bonds. The molecule has 0 radical (unpaired) electrons. The van der Waals surface area contributed by atoms with Crippen molar-refractivity contribution in [2.45, 2.75) is 58.2 Å². The minimum Gasteiger partial charge on any atom is -0.464 e. The summed E-state index contributed by atoms with van der Waals surface area (Å²) in [6.45, 7) is 5.45. The van der Waals surface area contributed by atoms with E-state index >= 15 is 0 Å². The molecular weight excluding hydrogens is 410 g/mol. The van der Waals surface area contributed by atoms with Crippen LogP contribution in [0.1, 0.15) is 45.7 Å². The van der Waals surface area contributed by atoms with E-state index in [9.17, 15) is 9.59 Å². The Labute approximate surface area is 188 Å². The zero-order chi connectivity index (χ0) is 23.1. The predicted octanol–water partition coefficient (Wildman–Crippen LogP) is 3.94. The summed E-state index contributed by atoms with van der Waals surface area (Å²) in [6, 6.07) is 8.05. The summed E-state index contributed by atoms with van der Waals surface area (Å²) < 4.78 is 15.7. The number of nitrogens with one attached hydrogen (secondary N) is 1. The Morgan fingerprint density at radius 2 is 2.00 bits per heavy atom. The number of aromatic nitrogens is 2. The van der Waals surface area contributed by atoms with Gasteiger partial charge < -0.3 is 14.2 Å². The van der Waals surface area contributed by atoms with Gasteiger partial charge in [0.25, 0.3) is 0 Å². The third-order valence-corrected chi connectivity index (χ3v) is 5.18. The number of fused-ring (bicyclic) bond motifs is 1. The minimum absolute atomic E-state index is 0.00797. The Morgan fingerprint density at radius 1 is 1.22 bits per heavy atom. The van der Waals surface area contributed by atoms with Gasteiger partial charge in [-0.05, 0) is 82.7 Å². The van der Waals surface area contributed by atoms with Gasteiger partial charge in [0.1, 0.15) is 11.3 Å². The molecule has 3 rings (SSSR count). The summed E-state index contributed by atoms with van der Waals surface area (Å²) in [5.41, 5.74) is 1.18. The highest BCUT2D eigenvalue weighted by molar-refractivity contribution is 5.92. The quantitative estimate of drug-likeness (QED) is 0.489. The number of amides is 1. The third kappa shape index (κ3) is 7.02. The predicted molar refractivity (Wildman–Crippen MR) is 120 cm³/mol. The monoisotopic (exact) mass is 441 g/mol. The summed E-state index contributed by atoms with van der Waals surface area (Å²) in [7, 11) is 1.25. The van der Waals surface area contributed by atoms with Crippen molar-refractivity contribution in [3.05, 3.63) is 47.9 Å². The van der Waals surface area contributed by atoms with Crippen LogP contribution in [0.2, 0.25) is 0 Å². The van der Waals surface area contributed by atoms with E-state index in [4.69, 9.17) is 14.2 Å². The van der Waals surface area contributed by atoms with Gasteiger partial charge in [0.05, 0.1) is 19.8 Å². The Balaban J connectivity index is 1.40. The van der Waals surface area contributed by atoms with E-state index in [1.807, 2.05) is 12.1 Å². The number of ether oxygens (including phenoxy) is 3. The first-order valence-electron chi connectivity index (χ1n) is 10.8. The van der Waals surface area contributed by atoms with Crippen molar-refractivity contribution >= 4 is 23.1 Å². The third-order valence-electron chi connectivity index (χ3n) is 5.18. The van der Waals surface area contributed by atoms with Crippen LogP contribution < -0.4 is 5.32 Å². The highest BCUT2D eigenvalue weighted by Gasteiger charge is 2.29. The van der Waals surface area contributed by atoms with Gasteiger partial charge in [-0.2, -0.15) is 0 Å². The lowest BCUT2D eigenvalue weighted by Gasteiger charge is -2.35. The number of nitrogens with zero attached hydrogens (tertiary/aromatic N) is 2. The molecule has 0 aliphatic heterocycles. The van der Waals surface area contributed by atoms with Crippen LogP contribution in [0.15, 0.2) is 42.2 Å². The lowest BCUT2D eigenvalue weighted by atomic mass is 9.79. The van der Waals surface area contributed by atoms with Crippen molar-refractivity contribution in [1.82, 2.24) is 15.3 Å². The van der Waals surface area contributed by atoms with Crippen LogP contribution in [0.25, 0.3) is 11.0 Å².